The van der Waals surface area contributed by atoms with Crippen molar-refractivity contribution in [2.45, 2.75) is 50.3 Å². The number of aliphatic hydroxyl groups is 3. The third-order valence-corrected chi connectivity index (χ3v) is 6.30. The smallest absolute Gasteiger partial charge is 0.338 e. The standard InChI is InChI=1S/C25H26O13/c1-8(2)14-5-10(27)17-15(36-14)6-11(28)18(21(17)33)23-24(22(34)20(32)16(7-26)37-23)38-25(35)9-3-12(29)19(31)13(30)4-9/h3-6,8,16,20,22-24,26,28-34H,7H2,1-2H3/t16-,20-,22-,23+,24-/m1/s1. The lowest BCUT2D eigenvalue weighted by molar-refractivity contribution is -0.232. The van der Waals surface area contributed by atoms with Crippen molar-refractivity contribution < 1.29 is 59.5 Å². The minimum Gasteiger partial charge on any atom is -0.507 e. The Kier molecular flexibility index (Phi) is 7.12. The van der Waals surface area contributed by atoms with E-state index in [1.165, 1.54) is 0 Å². The summed E-state index contributed by atoms with van der Waals surface area (Å²) < 4.78 is 16.5. The van der Waals surface area contributed by atoms with Crippen molar-refractivity contribution in [1.29, 1.82) is 0 Å². The van der Waals surface area contributed by atoms with Crippen LogP contribution >= 0.6 is 0 Å². The second-order valence-corrected chi connectivity index (χ2v) is 9.19. The van der Waals surface area contributed by atoms with Gasteiger partial charge in [-0.15, -0.1) is 0 Å². The molecule has 0 spiro atoms. The quantitative estimate of drug-likeness (QED) is 0.168. The summed E-state index contributed by atoms with van der Waals surface area (Å²) in [6, 6.07) is 3.71. The van der Waals surface area contributed by atoms with E-state index in [0.717, 1.165) is 24.3 Å². The van der Waals surface area contributed by atoms with E-state index in [4.69, 9.17) is 13.9 Å². The lowest BCUT2D eigenvalue weighted by Crippen LogP contribution is -2.56. The average Bonchev–Trinajstić information content (AvgIpc) is 2.85. The molecule has 0 saturated carbocycles. The number of phenolic OH excluding ortho intramolecular Hbond substituents is 5. The Morgan fingerprint density at radius 3 is 2.16 bits per heavy atom. The van der Waals surface area contributed by atoms with Crippen LogP contribution in [0, 0.1) is 0 Å². The molecule has 204 valence electrons. The van der Waals surface area contributed by atoms with E-state index < -0.39 is 88.4 Å². The highest BCUT2D eigenvalue weighted by atomic mass is 16.6. The highest BCUT2D eigenvalue weighted by molar-refractivity contribution is 5.91. The minimum absolute atomic E-state index is 0.154. The van der Waals surface area contributed by atoms with Crippen LogP contribution in [0.5, 0.6) is 28.7 Å². The average molecular weight is 534 g/mol. The van der Waals surface area contributed by atoms with Crippen LogP contribution < -0.4 is 5.43 Å². The van der Waals surface area contributed by atoms with Crippen LogP contribution in [0.4, 0.5) is 0 Å². The zero-order chi connectivity index (χ0) is 28.0. The molecule has 13 nitrogen and oxygen atoms in total. The maximum absolute atomic E-state index is 12.8. The molecule has 5 atom stereocenters. The topological polar surface area (TPSA) is 228 Å². The molecule has 1 saturated heterocycles. The van der Waals surface area contributed by atoms with E-state index in [0.29, 0.717) is 0 Å². The van der Waals surface area contributed by atoms with Gasteiger partial charge in [0.05, 0.1) is 17.7 Å². The lowest BCUT2D eigenvalue weighted by Gasteiger charge is -2.42. The Balaban J connectivity index is 1.83. The molecule has 4 rings (SSSR count). The number of fused-ring (bicyclic) bond motifs is 1. The molecule has 8 N–H and O–H groups in total. The fraction of sp³-hybridized carbons (Fsp3) is 0.360. The van der Waals surface area contributed by atoms with Gasteiger partial charge in [0.15, 0.2) is 28.8 Å². The van der Waals surface area contributed by atoms with E-state index >= 15 is 0 Å². The van der Waals surface area contributed by atoms with Crippen LogP contribution in [0.3, 0.4) is 0 Å². The van der Waals surface area contributed by atoms with E-state index in [1.54, 1.807) is 13.8 Å². The summed E-state index contributed by atoms with van der Waals surface area (Å²) in [6.07, 6.45) is -8.78. The zero-order valence-electron chi connectivity index (χ0n) is 20.1. The molecule has 1 fully saturated rings. The van der Waals surface area contributed by atoms with Crippen molar-refractivity contribution in [3.63, 3.8) is 0 Å². The van der Waals surface area contributed by atoms with Gasteiger partial charge in [0, 0.05) is 18.1 Å². The first-order valence-corrected chi connectivity index (χ1v) is 11.5. The third kappa shape index (κ3) is 4.56. The highest BCUT2D eigenvalue weighted by Crippen LogP contribution is 2.46. The van der Waals surface area contributed by atoms with Gasteiger partial charge in [0.1, 0.15) is 52.6 Å². The number of esters is 1. The van der Waals surface area contributed by atoms with Gasteiger partial charge < -0.3 is 54.7 Å². The van der Waals surface area contributed by atoms with Crippen molar-refractivity contribution in [2.24, 2.45) is 0 Å². The van der Waals surface area contributed by atoms with Gasteiger partial charge in [-0.1, -0.05) is 13.8 Å². The molecule has 2 aromatic carbocycles. The molecule has 0 radical (unpaired) electrons. The molecule has 1 aliphatic rings. The number of aromatic hydroxyl groups is 5. The molecule has 13 heteroatoms. The molecule has 0 amide bonds. The third-order valence-electron chi connectivity index (χ3n) is 6.30. The Bertz CT molecular complexity index is 1420. The summed E-state index contributed by atoms with van der Waals surface area (Å²) in [5.41, 5.74) is -1.79. The van der Waals surface area contributed by atoms with E-state index in [2.05, 4.69) is 0 Å². The number of carbonyl (C=O) groups excluding carboxylic acids is 1. The van der Waals surface area contributed by atoms with E-state index in [-0.39, 0.29) is 22.6 Å². The van der Waals surface area contributed by atoms with Gasteiger partial charge in [-0.3, -0.25) is 4.79 Å². The fourth-order valence-corrected chi connectivity index (χ4v) is 4.26. The van der Waals surface area contributed by atoms with Gasteiger partial charge in [0.25, 0.3) is 0 Å². The summed E-state index contributed by atoms with van der Waals surface area (Å²) in [7, 11) is 0. The Hall–Kier alpha value is -4.04. The van der Waals surface area contributed by atoms with Gasteiger partial charge in [-0.05, 0) is 12.1 Å². The predicted octanol–water partition coefficient (Wildman–Crippen LogP) is 0.824. The Labute approximate surface area is 214 Å². The molecular formula is C25H26O13. The maximum Gasteiger partial charge on any atom is 0.338 e. The lowest BCUT2D eigenvalue weighted by atomic mass is 9.89. The number of hydrogen-bond acceptors (Lipinski definition) is 13. The second-order valence-electron chi connectivity index (χ2n) is 9.19. The summed E-state index contributed by atoms with van der Waals surface area (Å²) >= 11 is 0. The predicted molar refractivity (Wildman–Crippen MR) is 127 cm³/mol. The first-order chi connectivity index (χ1) is 17.8. The first-order valence-electron chi connectivity index (χ1n) is 11.5. The Morgan fingerprint density at radius 1 is 0.947 bits per heavy atom. The summed E-state index contributed by atoms with van der Waals surface area (Å²) in [4.78, 5) is 25.7. The van der Waals surface area contributed by atoms with Crippen LogP contribution in [0.25, 0.3) is 11.0 Å². The van der Waals surface area contributed by atoms with E-state index in [1.807, 2.05) is 0 Å². The van der Waals surface area contributed by atoms with Gasteiger partial charge >= 0.3 is 5.97 Å². The van der Waals surface area contributed by atoms with Crippen molar-refractivity contribution in [2.75, 3.05) is 6.61 Å². The van der Waals surface area contributed by atoms with Gasteiger partial charge in [-0.25, -0.2) is 4.79 Å². The fourth-order valence-electron chi connectivity index (χ4n) is 4.26. The van der Waals surface area contributed by atoms with Crippen LogP contribution in [0.2, 0.25) is 0 Å². The van der Waals surface area contributed by atoms with Crippen molar-refractivity contribution in [3.05, 3.63) is 51.4 Å². The number of phenols is 5. The Morgan fingerprint density at radius 2 is 1.58 bits per heavy atom. The second kappa shape index (κ2) is 10.0. The summed E-state index contributed by atoms with van der Waals surface area (Å²) in [5.74, 6) is -5.27. The number of carbonyl (C=O) groups is 1. The van der Waals surface area contributed by atoms with Crippen LogP contribution in [-0.4, -0.2) is 77.8 Å². The number of ether oxygens (including phenoxy) is 2. The molecular weight excluding hydrogens is 508 g/mol. The molecule has 0 unspecified atom stereocenters. The van der Waals surface area contributed by atoms with Gasteiger partial charge in [0.2, 0.25) is 0 Å². The number of aliphatic hydroxyl groups excluding tert-OH is 3. The van der Waals surface area contributed by atoms with Crippen molar-refractivity contribution in [3.8, 4) is 28.7 Å². The highest BCUT2D eigenvalue weighted by Gasteiger charge is 2.49. The maximum atomic E-state index is 12.8. The monoisotopic (exact) mass is 534 g/mol. The van der Waals surface area contributed by atoms with Crippen LogP contribution in [0.1, 0.15) is 47.6 Å². The molecule has 1 aliphatic heterocycles. The largest absolute Gasteiger partial charge is 0.507 e. The van der Waals surface area contributed by atoms with Crippen LogP contribution in [0.15, 0.2) is 33.5 Å². The molecule has 38 heavy (non-hydrogen) atoms. The molecule has 1 aromatic heterocycles. The van der Waals surface area contributed by atoms with Gasteiger partial charge in [-0.2, -0.15) is 0 Å². The number of benzene rings is 2. The molecule has 3 aromatic rings. The first kappa shape index (κ1) is 27.0. The molecule has 2 heterocycles. The van der Waals surface area contributed by atoms with Crippen molar-refractivity contribution in [1.82, 2.24) is 0 Å². The van der Waals surface area contributed by atoms with Crippen LogP contribution in [-0.2, 0) is 9.47 Å². The van der Waals surface area contributed by atoms with Crippen molar-refractivity contribution >= 4 is 16.9 Å². The SMILES string of the molecule is CC(C)c1cc(=O)c2c(O)c([C@@H]3O[C@H](CO)[C@@H](O)[C@@H](O)[C@H]3OC(=O)c3cc(O)c(O)c(O)c3)c(O)cc2o1. The number of rotatable bonds is 5. The summed E-state index contributed by atoms with van der Waals surface area (Å²) in [5, 5.41) is 81.2. The molecule has 0 aliphatic carbocycles. The number of hydrogen-bond donors (Lipinski definition) is 8. The molecule has 0 bridgehead atoms. The minimum atomic E-state index is -1.94. The van der Waals surface area contributed by atoms with E-state index in [9.17, 15) is 50.4 Å². The normalized spacial score (nSPS) is 23.6. The summed E-state index contributed by atoms with van der Waals surface area (Å²) in [6.45, 7) is 2.72. The zero-order valence-corrected chi connectivity index (χ0v) is 20.1.